The van der Waals surface area contributed by atoms with E-state index >= 15 is 0 Å². The normalized spacial score (nSPS) is 16.5. The van der Waals surface area contributed by atoms with Gasteiger partial charge in [0.05, 0.1) is 11.8 Å². The van der Waals surface area contributed by atoms with Gasteiger partial charge in [-0.1, -0.05) is 12.1 Å². The third-order valence-corrected chi connectivity index (χ3v) is 5.25. The van der Waals surface area contributed by atoms with Gasteiger partial charge in [-0.25, -0.2) is 9.80 Å². The molecule has 0 aliphatic carbocycles. The van der Waals surface area contributed by atoms with Gasteiger partial charge in [0, 0.05) is 34.4 Å². The van der Waals surface area contributed by atoms with Crippen LogP contribution in [-0.4, -0.2) is 36.1 Å². The Morgan fingerprint density at radius 1 is 1.27 bits per heavy atom. The summed E-state index contributed by atoms with van der Waals surface area (Å²) < 4.78 is 0. The largest absolute Gasteiger partial charge is 0.399 e. The Balaban J connectivity index is 2.23. The van der Waals surface area contributed by atoms with Crippen LogP contribution in [-0.2, 0) is 6.42 Å². The molecule has 26 heavy (non-hydrogen) atoms. The van der Waals surface area contributed by atoms with Gasteiger partial charge in [-0.2, -0.15) is 5.10 Å². The summed E-state index contributed by atoms with van der Waals surface area (Å²) in [7, 11) is 1.61. The summed E-state index contributed by atoms with van der Waals surface area (Å²) in [4.78, 5) is 13.4. The Bertz CT molecular complexity index is 863. The third-order valence-electron chi connectivity index (χ3n) is 4.46. The maximum Gasteiger partial charge on any atom is 0.337 e. The van der Waals surface area contributed by atoms with Gasteiger partial charge in [-0.3, -0.25) is 0 Å². The van der Waals surface area contributed by atoms with Crippen molar-refractivity contribution in [1.82, 2.24) is 10.3 Å². The van der Waals surface area contributed by atoms with Crippen molar-refractivity contribution in [3.63, 3.8) is 0 Å². The van der Waals surface area contributed by atoms with Gasteiger partial charge >= 0.3 is 6.03 Å². The van der Waals surface area contributed by atoms with Crippen LogP contribution in [0.2, 0.25) is 0 Å². The molecule has 1 atom stereocenters. The summed E-state index contributed by atoms with van der Waals surface area (Å²) >= 11 is 1.59. The predicted molar refractivity (Wildman–Crippen MR) is 109 cm³/mol. The fraction of sp³-hybridized carbons (Fsp3) is 0.263. The van der Waals surface area contributed by atoms with Crippen molar-refractivity contribution in [2.75, 3.05) is 24.8 Å². The number of nitrogens with one attached hydrogen (secondary N) is 1. The van der Waals surface area contributed by atoms with E-state index in [9.17, 15) is 4.79 Å². The van der Waals surface area contributed by atoms with Crippen molar-refractivity contribution in [2.45, 2.75) is 24.3 Å². The first kappa shape index (κ1) is 18.1. The number of benzene rings is 2. The zero-order valence-electron chi connectivity index (χ0n) is 15.1. The quantitative estimate of drug-likeness (QED) is 0.560. The molecule has 1 aliphatic rings. The molecule has 1 unspecified atom stereocenters. The van der Waals surface area contributed by atoms with Crippen molar-refractivity contribution in [3.8, 4) is 0 Å². The summed E-state index contributed by atoms with van der Waals surface area (Å²) in [6.07, 6.45) is 2.66. The highest BCUT2D eigenvalue weighted by molar-refractivity contribution is 7.98. The summed E-state index contributed by atoms with van der Waals surface area (Å²) in [6.45, 7) is 1.98. The lowest BCUT2D eigenvalue weighted by molar-refractivity contribution is 0.184. The minimum Gasteiger partial charge on any atom is -0.399 e. The third kappa shape index (κ3) is 3.35. The molecule has 0 saturated heterocycles. The van der Waals surface area contributed by atoms with Crippen LogP contribution in [0.1, 0.15) is 23.6 Å². The number of fused-ring (bicyclic) bond motifs is 1. The molecule has 2 aromatic rings. The van der Waals surface area contributed by atoms with E-state index < -0.39 is 0 Å². The number of rotatable bonds is 2. The van der Waals surface area contributed by atoms with Crippen molar-refractivity contribution in [1.29, 1.82) is 0 Å². The van der Waals surface area contributed by atoms with E-state index in [1.165, 1.54) is 5.01 Å². The average Bonchev–Trinajstić information content (AvgIpc) is 2.77. The maximum atomic E-state index is 12.4. The smallest absolute Gasteiger partial charge is 0.337 e. The van der Waals surface area contributed by atoms with Crippen LogP contribution in [0, 0.1) is 0 Å². The fourth-order valence-corrected chi connectivity index (χ4v) is 3.62. The summed E-state index contributed by atoms with van der Waals surface area (Å²) in [5.74, 6) is 0. The van der Waals surface area contributed by atoms with E-state index in [1.54, 1.807) is 18.8 Å². The van der Waals surface area contributed by atoms with Gasteiger partial charge < -0.3 is 16.8 Å². The van der Waals surface area contributed by atoms with E-state index in [4.69, 9.17) is 16.6 Å². The number of nitrogens with two attached hydrogens (primary N) is 2. The number of carbonyl (C=O) groups excluding carboxylic acids is 1. The summed E-state index contributed by atoms with van der Waals surface area (Å²) in [5, 5.41) is 8.89. The molecule has 136 valence electrons. The van der Waals surface area contributed by atoms with Crippen molar-refractivity contribution in [3.05, 3.63) is 53.1 Å². The van der Waals surface area contributed by atoms with E-state index in [2.05, 4.69) is 11.4 Å². The second-order valence-electron chi connectivity index (χ2n) is 6.27. The van der Waals surface area contributed by atoms with Crippen molar-refractivity contribution in [2.24, 2.45) is 5.10 Å². The van der Waals surface area contributed by atoms with Crippen LogP contribution in [0.3, 0.4) is 0 Å². The number of anilines is 2. The van der Waals surface area contributed by atoms with Gasteiger partial charge in [0.1, 0.15) is 0 Å². The zero-order chi connectivity index (χ0) is 18.8. The Morgan fingerprint density at radius 3 is 2.58 bits per heavy atom. The van der Waals surface area contributed by atoms with Gasteiger partial charge in [-0.15, -0.1) is 11.8 Å². The van der Waals surface area contributed by atoms with Crippen LogP contribution >= 0.6 is 11.8 Å². The average molecular weight is 369 g/mol. The number of nitrogen functional groups attached to an aromatic ring is 2. The van der Waals surface area contributed by atoms with Crippen LogP contribution < -0.4 is 16.8 Å². The Labute approximate surface area is 157 Å². The van der Waals surface area contributed by atoms with E-state index in [1.807, 2.05) is 43.5 Å². The first-order valence-electron chi connectivity index (χ1n) is 8.36. The van der Waals surface area contributed by atoms with Crippen molar-refractivity contribution >= 4 is 34.9 Å². The highest BCUT2D eigenvalue weighted by Gasteiger charge is 2.27. The number of hydrogen-bond acceptors (Lipinski definition) is 5. The monoisotopic (exact) mass is 369 g/mol. The number of nitrogens with zero attached hydrogens (tertiary/aromatic N) is 2. The van der Waals surface area contributed by atoms with E-state index in [0.717, 1.165) is 33.0 Å². The molecule has 0 bridgehead atoms. The molecule has 2 aromatic carbocycles. The molecular weight excluding hydrogens is 346 g/mol. The molecule has 6 nitrogen and oxygen atoms in total. The Hall–Kier alpha value is -2.67. The lowest BCUT2D eigenvalue weighted by Crippen LogP contribution is -2.41. The Morgan fingerprint density at radius 2 is 1.96 bits per heavy atom. The number of thioether (sulfide) groups is 1. The number of hydrazone groups is 1. The number of urea groups is 1. The molecule has 0 saturated carbocycles. The molecule has 0 spiro atoms. The highest BCUT2D eigenvalue weighted by atomic mass is 32.2. The lowest BCUT2D eigenvalue weighted by atomic mass is 9.94. The second kappa shape index (κ2) is 7.29. The van der Waals surface area contributed by atoms with E-state index in [-0.39, 0.29) is 12.1 Å². The molecule has 2 amide bonds. The van der Waals surface area contributed by atoms with Crippen LogP contribution in [0.5, 0.6) is 0 Å². The molecule has 0 radical (unpaired) electrons. The van der Waals surface area contributed by atoms with Crippen LogP contribution in [0.25, 0.3) is 0 Å². The molecule has 5 N–H and O–H groups in total. The topological polar surface area (TPSA) is 96.7 Å². The van der Waals surface area contributed by atoms with Gasteiger partial charge in [-0.05, 0) is 49.4 Å². The number of carbonyl (C=O) groups is 1. The van der Waals surface area contributed by atoms with Crippen LogP contribution in [0.4, 0.5) is 16.2 Å². The first-order chi connectivity index (χ1) is 12.4. The van der Waals surface area contributed by atoms with Gasteiger partial charge in [0.2, 0.25) is 0 Å². The molecule has 0 fully saturated rings. The minimum absolute atomic E-state index is 0.0977. The SMILES string of the molecule is CNC(=O)N1N=C(c2ccc(N)cc2)c2cc(SC)c(N)cc2CC1C. The van der Waals surface area contributed by atoms with Crippen LogP contribution in [0.15, 0.2) is 46.4 Å². The molecule has 7 heteroatoms. The first-order valence-corrected chi connectivity index (χ1v) is 9.59. The fourth-order valence-electron chi connectivity index (χ4n) is 3.09. The van der Waals surface area contributed by atoms with Gasteiger partial charge in [0.15, 0.2) is 0 Å². The Kier molecular flexibility index (Phi) is 5.08. The van der Waals surface area contributed by atoms with Crippen molar-refractivity contribution < 1.29 is 4.79 Å². The molecule has 3 rings (SSSR count). The van der Waals surface area contributed by atoms with Gasteiger partial charge in [0.25, 0.3) is 0 Å². The molecule has 1 heterocycles. The predicted octanol–water partition coefficient (Wildman–Crippen LogP) is 2.91. The second-order valence-corrected chi connectivity index (χ2v) is 7.12. The summed E-state index contributed by atoms with van der Waals surface area (Å²) in [6, 6.07) is 11.2. The summed E-state index contributed by atoms with van der Waals surface area (Å²) in [5.41, 5.74) is 17.2. The standard InChI is InChI=1S/C19H23N5OS/c1-11-8-13-9-16(21)17(26-3)10-15(13)18(23-24(11)19(25)22-2)12-4-6-14(20)7-5-12/h4-7,9-11H,8,20-21H2,1-3H3,(H,22,25). The number of amides is 2. The molecule has 1 aliphatic heterocycles. The zero-order valence-corrected chi connectivity index (χ0v) is 15.9. The molecular formula is C19H23N5OS. The molecule has 0 aromatic heterocycles. The lowest BCUT2D eigenvalue weighted by Gasteiger charge is -2.22. The number of hydrogen-bond donors (Lipinski definition) is 3. The highest BCUT2D eigenvalue weighted by Crippen LogP contribution is 2.31. The van der Waals surface area contributed by atoms with E-state index in [0.29, 0.717) is 12.1 Å². The maximum absolute atomic E-state index is 12.4. The minimum atomic E-state index is -0.240.